The number of anilines is 3. The van der Waals surface area contributed by atoms with Gasteiger partial charge in [-0.2, -0.15) is 10.1 Å². The number of hydrogen-bond acceptors (Lipinski definition) is 7. The quantitative estimate of drug-likeness (QED) is 0.589. The first-order valence-corrected chi connectivity index (χ1v) is 8.69. The highest BCUT2D eigenvalue weighted by molar-refractivity contribution is 5.56. The van der Waals surface area contributed by atoms with Crippen LogP contribution in [-0.2, 0) is 0 Å². The average Bonchev–Trinajstić information content (AvgIpc) is 2.69. The summed E-state index contributed by atoms with van der Waals surface area (Å²) in [5.74, 6) is 2.67. The number of nitrogens with one attached hydrogen (secondary N) is 2. The molecule has 0 unspecified atom stereocenters. The van der Waals surface area contributed by atoms with Gasteiger partial charge >= 0.3 is 0 Å². The normalized spacial score (nSPS) is 10.3. The largest absolute Gasteiger partial charge is 0.497 e. The van der Waals surface area contributed by atoms with Gasteiger partial charge in [0.2, 0.25) is 5.95 Å². The predicted molar refractivity (Wildman–Crippen MR) is 106 cm³/mol. The van der Waals surface area contributed by atoms with E-state index in [1.54, 1.807) is 13.3 Å². The summed E-state index contributed by atoms with van der Waals surface area (Å²) in [4.78, 5) is 4.42. The van der Waals surface area contributed by atoms with Crippen molar-refractivity contribution < 1.29 is 9.47 Å². The summed E-state index contributed by atoms with van der Waals surface area (Å²) in [6.45, 7) is 5.24. The molecule has 0 atom stereocenters. The maximum atomic E-state index is 5.68. The molecule has 0 fully saturated rings. The van der Waals surface area contributed by atoms with Crippen LogP contribution >= 0.6 is 0 Å². The van der Waals surface area contributed by atoms with Crippen LogP contribution in [0.25, 0.3) is 0 Å². The van der Waals surface area contributed by atoms with E-state index in [9.17, 15) is 0 Å². The van der Waals surface area contributed by atoms with E-state index in [0.29, 0.717) is 24.9 Å². The minimum Gasteiger partial charge on any atom is -0.497 e. The highest BCUT2D eigenvalue weighted by Gasteiger charge is 2.03. The maximum absolute atomic E-state index is 5.68. The van der Waals surface area contributed by atoms with Gasteiger partial charge in [-0.1, -0.05) is 6.07 Å². The first-order chi connectivity index (χ1) is 13.1. The van der Waals surface area contributed by atoms with Gasteiger partial charge in [0, 0.05) is 5.69 Å². The van der Waals surface area contributed by atoms with Gasteiger partial charge in [0.15, 0.2) is 5.82 Å². The van der Waals surface area contributed by atoms with Crippen molar-refractivity contribution in [3.05, 3.63) is 59.8 Å². The van der Waals surface area contributed by atoms with Crippen LogP contribution in [0.4, 0.5) is 17.5 Å². The van der Waals surface area contributed by atoms with Crippen molar-refractivity contribution >= 4 is 17.5 Å². The number of methoxy groups -OCH3 is 1. The Labute approximate surface area is 158 Å². The Hall–Kier alpha value is -3.35. The summed E-state index contributed by atoms with van der Waals surface area (Å²) < 4.78 is 10.8. The molecule has 1 aromatic heterocycles. The Bertz CT molecular complexity index is 884. The van der Waals surface area contributed by atoms with Crippen molar-refractivity contribution in [2.75, 3.05) is 30.9 Å². The van der Waals surface area contributed by atoms with Gasteiger partial charge in [-0.25, -0.2) is 0 Å². The molecule has 7 nitrogen and oxygen atoms in total. The van der Waals surface area contributed by atoms with Gasteiger partial charge in [-0.05, 0) is 61.4 Å². The molecule has 3 rings (SSSR count). The van der Waals surface area contributed by atoms with Crippen LogP contribution < -0.4 is 20.1 Å². The van der Waals surface area contributed by atoms with E-state index in [0.717, 1.165) is 17.2 Å². The summed E-state index contributed by atoms with van der Waals surface area (Å²) in [6.07, 6.45) is 1.58. The van der Waals surface area contributed by atoms with Gasteiger partial charge in [0.1, 0.15) is 18.1 Å². The molecule has 1 heterocycles. The molecular weight excluding hydrogens is 342 g/mol. The molecule has 0 spiro atoms. The molecule has 2 aromatic carbocycles. The predicted octanol–water partition coefficient (Wildman–Crippen LogP) is 3.73. The molecule has 140 valence electrons. The first kappa shape index (κ1) is 18.4. The lowest BCUT2D eigenvalue weighted by Crippen LogP contribution is -2.13. The fourth-order valence-corrected chi connectivity index (χ4v) is 2.41. The fraction of sp³-hybridized carbons (Fsp3) is 0.250. The number of aromatic nitrogens is 3. The molecule has 7 heteroatoms. The first-order valence-electron chi connectivity index (χ1n) is 8.69. The standard InChI is InChI=1S/C20H23N5O2/c1-14-4-5-16(12-15(14)2)23-20-24-19(13-22-25-20)21-10-11-27-18-8-6-17(26-3)7-9-18/h4-9,12-13H,10-11H2,1-3H3,(H2,21,23,24,25). The van der Waals surface area contributed by atoms with E-state index < -0.39 is 0 Å². The number of ether oxygens (including phenoxy) is 2. The van der Waals surface area contributed by atoms with Crippen molar-refractivity contribution in [2.45, 2.75) is 13.8 Å². The molecule has 0 aliphatic rings. The molecule has 3 aromatic rings. The average molecular weight is 365 g/mol. The third-order valence-electron chi connectivity index (χ3n) is 4.06. The molecule has 0 aliphatic carbocycles. The second-order valence-electron chi connectivity index (χ2n) is 6.04. The summed E-state index contributed by atoms with van der Waals surface area (Å²) in [5.41, 5.74) is 3.38. The van der Waals surface area contributed by atoms with E-state index in [4.69, 9.17) is 9.47 Å². The van der Waals surface area contributed by atoms with Crippen LogP contribution in [0.15, 0.2) is 48.7 Å². The van der Waals surface area contributed by atoms with Gasteiger partial charge in [0.05, 0.1) is 19.9 Å². The Morgan fingerprint density at radius 3 is 2.48 bits per heavy atom. The summed E-state index contributed by atoms with van der Waals surface area (Å²) in [5, 5.41) is 14.4. The highest BCUT2D eigenvalue weighted by atomic mass is 16.5. The van der Waals surface area contributed by atoms with Crippen LogP contribution in [0.2, 0.25) is 0 Å². The minimum atomic E-state index is 0.444. The van der Waals surface area contributed by atoms with Crippen molar-refractivity contribution in [3.63, 3.8) is 0 Å². The molecule has 2 N–H and O–H groups in total. The Kier molecular flexibility index (Phi) is 6.04. The molecule has 27 heavy (non-hydrogen) atoms. The van der Waals surface area contributed by atoms with Crippen molar-refractivity contribution in [1.29, 1.82) is 0 Å². The zero-order valence-electron chi connectivity index (χ0n) is 15.7. The molecule has 0 bridgehead atoms. The number of nitrogens with zero attached hydrogens (tertiary/aromatic N) is 3. The van der Waals surface area contributed by atoms with Gasteiger partial charge in [0.25, 0.3) is 0 Å². The Balaban J connectivity index is 1.50. The van der Waals surface area contributed by atoms with E-state index in [1.807, 2.05) is 30.3 Å². The van der Waals surface area contributed by atoms with Gasteiger partial charge in [-0.15, -0.1) is 5.10 Å². The van der Waals surface area contributed by atoms with Crippen LogP contribution in [0.1, 0.15) is 11.1 Å². The third kappa shape index (κ3) is 5.31. The zero-order chi connectivity index (χ0) is 19.1. The molecular formula is C20H23N5O2. The SMILES string of the molecule is COc1ccc(OCCNc2cnnc(Nc3ccc(C)c(C)c3)n2)cc1. The van der Waals surface area contributed by atoms with Gasteiger partial charge < -0.3 is 20.1 Å². The lowest BCUT2D eigenvalue weighted by molar-refractivity contribution is 0.331. The Morgan fingerprint density at radius 2 is 1.74 bits per heavy atom. The number of benzene rings is 2. The lowest BCUT2D eigenvalue weighted by Gasteiger charge is -2.10. The monoisotopic (exact) mass is 365 g/mol. The Morgan fingerprint density at radius 1 is 0.963 bits per heavy atom. The van der Waals surface area contributed by atoms with E-state index in [-0.39, 0.29) is 0 Å². The molecule has 0 aliphatic heterocycles. The molecule has 0 saturated heterocycles. The van der Waals surface area contributed by atoms with Gasteiger partial charge in [-0.3, -0.25) is 0 Å². The topological polar surface area (TPSA) is 81.2 Å². The molecule has 0 saturated carbocycles. The van der Waals surface area contributed by atoms with Crippen LogP contribution in [-0.4, -0.2) is 35.4 Å². The maximum Gasteiger partial charge on any atom is 0.249 e. The fourth-order valence-electron chi connectivity index (χ4n) is 2.41. The smallest absolute Gasteiger partial charge is 0.249 e. The summed E-state index contributed by atoms with van der Waals surface area (Å²) in [7, 11) is 1.64. The second-order valence-corrected chi connectivity index (χ2v) is 6.04. The third-order valence-corrected chi connectivity index (χ3v) is 4.06. The van der Waals surface area contributed by atoms with Crippen LogP contribution in [0.5, 0.6) is 11.5 Å². The van der Waals surface area contributed by atoms with E-state index in [1.165, 1.54) is 11.1 Å². The second kappa shape index (κ2) is 8.84. The lowest BCUT2D eigenvalue weighted by atomic mass is 10.1. The molecule has 0 radical (unpaired) electrons. The van der Waals surface area contributed by atoms with E-state index >= 15 is 0 Å². The zero-order valence-corrected chi connectivity index (χ0v) is 15.7. The number of rotatable bonds is 8. The van der Waals surface area contributed by atoms with Crippen molar-refractivity contribution in [2.24, 2.45) is 0 Å². The number of aryl methyl sites for hydroxylation is 2. The van der Waals surface area contributed by atoms with Crippen LogP contribution in [0, 0.1) is 13.8 Å². The highest BCUT2D eigenvalue weighted by Crippen LogP contribution is 2.18. The summed E-state index contributed by atoms with van der Waals surface area (Å²) >= 11 is 0. The van der Waals surface area contributed by atoms with E-state index in [2.05, 4.69) is 51.8 Å². The van der Waals surface area contributed by atoms with Crippen molar-refractivity contribution in [1.82, 2.24) is 15.2 Å². The molecule has 0 amide bonds. The van der Waals surface area contributed by atoms with Crippen LogP contribution in [0.3, 0.4) is 0 Å². The van der Waals surface area contributed by atoms with Crippen molar-refractivity contribution in [3.8, 4) is 11.5 Å². The summed E-state index contributed by atoms with van der Waals surface area (Å²) in [6, 6.07) is 13.6. The number of hydrogen-bond donors (Lipinski definition) is 2. The minimum absolute atomic E-state index is 0.444.